The van der Waals surface area contributed by atoms with E-state index < -0.39 is 17.0 Å². The van der Waals surface area contributed by atoms with E-state index in [4.69, 9.17) is 21.3 Å². The van der Waals surface area contributed by atoms with E-state index in [1.165, 1.54) is 0 Å². The van der Waals surface area contributed by atoms with Gasteiger partial charge in [-0.2, -0.15) is 0 Å². The van der Waals surface area contributed by atoms with Crippen molar-refractivity contribution in [3.8, 4) is 0 Å². The van der Waals surface area contributed by atoms with E-state index >= 15 is 0 Å². The van der Waals surface area contributed by atoms with Gasteiger partial charge in [-0.25, -0.2) is 4.79 Å². The normalized spacial score (nSPS) is 21.2. The zero-order valence-electron chi connectivity index (χ0n) is 18.1. The predicted octanol–water partition coefficient (Wildman–Crippen LogP) is 4.91. The topological polar surface area (TPSA) is 79.7 Å². The highest BCUT2D eigenvalue weighted by Gasteiger charge is 2.53. The standard InChI is InChI=1S/C22H31ClN2O4/c1-13-16(23)11-14-15(21(5,6)18(26)27)12-22(17(14)24-13)7-9-25(10-8-22)19(28)29-20(2,3)4/h11,15H,7-10,12H2,1-6H3,(H,26,27)/t15-/m1/s1. The molecule has 1 atom stereocenters. The fourth-order valence-electron chi connectivity index (χ4n) is 4.56. The number of amides is 1. The van der Waals surface area contributed by atoms with Gasteiger partial charge >= 0.3 is 12.1 Å². The summed E-state index contributed by atoms with van der Waals surface area (Å²) in [5.74, 6) is -0.998. The number of aryl methyl sites for hydroxylation is 1. The van der Waals surface area contributed by atoms with Crippen LogP contribution in [-0.2, 0) is 14.9 Å². The number of pyridine rings is 1. The van der Waals surface area contributed by atoms with Crippen LogP contribution in [0.15, 0.2) is 6.07 Å². The van der Waals surface area contributed by atoms with Gasteiger partial charge in [0, 0.05) is 24.4 Å². The van der Waals surface area contributed by atoms with Crippen LogP contribution in [0.1, 0.15) is 76.8 Å². The average Bonchev–Trinajstić information content (AvgIpc) is 2.88. The van der Waals surface area contributed by atoms with E-state index in [1.807, 2.05) is 33.8 Å². The molecule has 3 rings (SSSR count). The van der Waals surface area contributed by atoms with E-state index in [9.17, 15) is 14.7 Å². The lowest BCUT2D eigenvalue weighted by Crippen LogP contribution is -2.46. The number of ether oxygens (including phenoxy) is 1. The highest BCUT2D eigenvalue weighted by atomic mass is 35.5. The third-order valence-corrected chi connectivity index (χ3v) is 6.83. The Balaban J connectivity index is 1.91. The Morgan fingerprint density at radius 1 is 1.24 bits per heavy atom. The monoisotopic (exact) mass is 422 g/mol. The van der Waals surface area contributed by atoms with Crippen molar-refractivity contribution >= 4 is 23.7 Å². The maximum absolute atomic E-state index is 12.5. The first-order chi connectivity index (χ1) is 13.3. The van der Waals surface area contributed by atoms with Crippen molar-refractivity contribution in [1.29, 1.82) is 0 Å². The second-order valence-corrected chi connectivity index (χ2v) is 10.4. The Morgan fingerprint density at radius 2 is 1.83 bits per heavy atom. The van der Waals surface area contributed by atoms with Crippen LogP contribution in [0.3, 0.4) is 0 Å². The molecule has 29 heavy (non-hydrogen) atoms. The summed E-state index contributed by atoms with van der Waals surface area (Å²) in [5.41, 5.74) is 0.967. The average molecular weight is 423 g/mol. The number of aromatic nitrogens is 1. The fourth-order valence-corrected chi connectivity index (χ4v) is 4.72. The largest absolute Gasteiger partial charge is 0.481 e. The molecule has 1 aliphatic carbocycles. The number of aliphatic carboxylic acids is 1. The number of carboxylic acid groups (broad SMARTS) is 1. The van der Waals surface area contributed by atoms with Crippen molar-refractivity contribution in [3.63, 3.8) is 0 Å². The molecular formula is C22H31ClN2O4. The number of carbonyl (C=O) groups is 2. The van der Waals surface area contributed by atoms with Crippen LogP contribution < -0.4 is 0 Å². The summed E-state index contributed by atoms with van der Waals surface area (Å²) in [6.07, 6.45) is 1.88. The van der Waals surface area contributed by atoms with E-state index in [0.717, 1.165) is 29.8 Å². The Labute approximate surface area is 177 Å². The minimum Gasteiger partial charge on any atom is -0.481 e. The fraction of sp³-hybridized carbons (Fsp3) is 0.682. The Morgan fingerprint density at radius 3 is 2.34 bits per heavy atom. The number of nitrogens with zero attached hydrogens (tertiary/aromatic N) is 2. The summed E-state index contributed by atoms with van der Waals surface area (Å²) in [7, 11) is 0. The summed E-state index contributed by atoms with van der Waals surface area (Å²) in [6.45, 7) is 12.1. The van der Waals surface area contributed by atoms with Gasteiger partial charge in [-0.05, 0) is 72.4 Å². The van der Waals surface area contributed by atoms with Crippen molar-refractivity contribution in [2.45, 2.75) is 77.7 Å². The molecule has 0 unspecified atom stereocenters. The molecule has 160 valence electrons. The number of piperidine rings is 1. The van der Waals surface area contributed by atoms with E-state index in [1.54, 1.807) is 18.7 Å². The molecule has 0 radical (unpaired) electrons. The molecule has 2 heterocycles. The van der Waals surface area contributed by atoms with Crippen LogP contribution in [0.25, 0.3) is 0 Å². The second kappa shape index (κ2) is 7.15. The molecule has 0 saturated carbocycles. The maximum atomic E-state index is 12.5. The quantitative estimate of drug-likeness (QED) is 0.732. The van der Waals surface area contributed by atoms with E-state index in [0.29, 0.717) is 24.5 Å². The van der Waals surface area contributed by atoms with Gasteiger partial charge in [0.2, 0.25) is 0 Å². The molecule has 1 aromatic heterocycles. The number of likely N-dealkylation sites (tertiary alicyclic amines) is 1. The van der Waals surface area contributed by atoms with Gasteiger partial charge < -0.3 is 14.7 Å². The highest BCUT2D eigenvalue weighted by Crippen LogP contribution is 2.57. The van der Waals surface area contributed by atoms with Crippen molar-refractivity contribution in [3.05, 3.63) is 28.0 Å². The smallest absolute Gasteiger partial charge is 0.410 e. The van der Waals surface area contributed by atoms with Crippen LogP contribution in [0.5, 0.6) is 0 Å². The molecule has 1 N–H and O–H groups in total. The summed E-state index contributed by atoms with van der Waals surface area (Å²) in [5, 5.41) is 10.4. The van der Waals surface area contributed by atoms with Crippen molar-refractivity contribution in [2.24, 2.45) is 5.41 Å². The van der Waals surface area contributed by atoms with E-state index in [-0.39, 0.29) is 17.4 Å². The maximum Gasteiger partial charge on any atom is 0.410 e. The zero-order valence-corrected chi connectivity index (χ0v) is 18.9. The molecule has 6 nitrogen and oxygen atoms in total. The lowest BCUT2D eigenvalue weighted by Gasteiger charge is -2.40. The van der Waals surface area contributed by atoms with Gasteiger partial charge in [0.15, 0.2) is 0 Å². The lowest BCUT2D eigenvalue weighted by molar-refractivity contribution is -0.148. The van der Waals surface area contributed by atoms with Gasteiger partial charge in [0.25, 0.3) is 0 Å². The molecule has 2 aliphatic rings. The third kappa shape index (κ3) is 3.96. The predicted molar refractivity (Wildman–Crippen MR) is 111 cm³/mol. The Bertz CT molecular complexity index is 836. The number of halogens is 1. The lowest BCUT2D eigenvalue weighted by atomic mass is 9.70. The van der Waals surface area contributed by atoms with Crippen LogP contribution >= 0.6 is 11.6 Å². The first kappa shape index (κ1) is 21.9. The van der Waals surface area contributed by atoms with E-state index in [2.05, 4.69) is 0 Å². The summed E-state index contributed by atoms with van der Waals surface area (Å²) in [6, 6.07) is 1.91. The summed E-state index contributed by atoms with van der Waals surface area (Å²) >= 11 is 6.36. The minimum absolute atomic E-state index is 0.173. The molecule has 1 aromatic rings. The van der Waals surface area contributed by atoms with Crippen molar-refractivity contribution in [2.75, 3.05) is 13.1 Å². The van der Waals surface area contributed by atoms with Crippen LogP contribution in [0, 0.1) is 12.3 Å². The minimum atomic E-state index is -0.930. The number of fused-ring (bicyclic) bond motifs is 2. The molecule has 1 amide bonds. The summed E-state index contributed by atoms with van der Waals surface area (Å²) in [4.78, 5) is 31.0. The van der Waals surface area contributed by atoms with Gasteiger partial charge in [-0.3, -0.25) is 9.78 Å². The molecule has 0 bridgehead atoms. The first-order valence-corrected chi connectivity index (χ1v) is 10.5. The zero-order chi connectivity index (χ0) is 21.8. The van der Waals surface area contributed by atoms with Gasteiger partial charge in [-0.1, -0.05) is 11.6 Å². The number of hydrogen-bond donors (Lipinski definition) is 1. The first-order valence-electron chi connectivity index (χ1n) is 10.2. The van der Waals surface area contributed by atoms with Crippen LogP contribution in [-0.4, -0.2) is 45.7 Å². The Kier molecular flexibility index (Phi) is 5.39. The molecular weight excluding hydrogens is 392 g/mol. The highest BCUT2D eigenvalue weighted by molar-refractivity contribution is 6.31. The third-order valence-electron chi connectivity index (χ3n) is 6.45. The van der Waals surface area contributed by atoms with Gasteiger partial charge in [0.1, 0.15) is 5.60 Å². The number of carboxylic acids is 1. The summed E-state index contributed by atoms with van der Waals surface area (Å²) < 4.78 is 5.52. The molecule has 7 heteroatoms. The molecule has 0 aromatic carbocycles. The molecule has 1 fully saturated rings. The van der Waals surface area contributed by atoms with Gasteiger partial charge in [-0.15, -0.1) is 0 Å². The Hall–Kier alpha value is -1.82. The van der Waals surface area contributed by atoms with Crippen LogP contribution in [0.2, 0.25) is 5.02 Å². The number of rotatable bonds is 2. The second-order valence-electron chi connectivity index (χ2n) is 10.0. The number of hydrogen-bond acceptors (Lipinski definition) is 4. The van der Waals surface area contributed by atoms with Crippen molar-refractivity contribution < 1.29 is 19.4 Å². The molecule has 1 saturated heterocycles. The van der Waals surface area contributed by atoms with Gasteiger partial charge in [0.05, 0.1) is 21.8 Å². The van der Waals surface area contributed by atoms with Crippen molar-refractivity contribution in [1.82, 2.24) is 9.88 Å². The number of carbonyl (C=O) groups excluding carboxylic acids is 1. The molecule has 1 aliphatic heterocycles. The molecule has 1 spiro atoms. The van der Waals surface area contributed by atoms with Crippen LogP contribution in [0.4, 0.5) is 4.79 Å². The SMILES string of the molecule is Cc1nc2c(cc1Cl)[C@H](C(C)(C)C(=O)O)CC21CCN(C(=O)OC(C)(C)C)CC1.